The molecule has 1 aromatic heterocycles. The molecule has 0 aromatic carbocycles. The number of hydrogen-bond acceptors (Lipinski definition) is 6. The van der Waals surface area contributed by atoms with Crippen LogP contribution in [0.2, 0.25) is 0 Å². The summed E-state index contributed by atoms with van der Waals surface area (Å²) >= 11 is 0. The molecule has 6 nitrogen and oxygen atoms in total. The lowest BCUT2D eigenvalue weighted by atomic mass is 10.3. The highest BCUT2D eigenvalue weighted by Crippen LogP contribution is 2.08. The summed E-state index contributed by atoms with van der Waals surface area (Å²) < 4.78 is 15.7. The molecule has 0 aliphatic rings. The first-order chi connectivity index (χ1) is 8.13. The van der Waals surface area contributed by atoms with Crippen molar-refractivity contribution < 1.29 is 14.0 Å². The van der Waals surface area contributed by atoms with E-state index in [2.05, 4.69) is 10.1 Å². The Labute approximate surface area is 101 Å². The Bertz CT molecular complexity index is 315. The Morgan fingerprint density at radius 2 is 2.18 bits per heavy atom. The Morgan fingerprint density at radius 3 is 2.82 bits per heavy atom. The molecule has 6 heteroatoms. The minimum absolute atomic E-state index is 0.144. The highest BCUT2D eigenvalue weighted by atomic mass is 16.5. The van der Waals surface area contributed by atoms with Crippen molar-refractivity contribution in [2.75, 3.05) is 19.8 Å². The highest BCUT2D eigenvalue weighted by molar-refractivity contribution is 4.93. The van der Waals surface area contributed by atoms with Gasteiger partial charge in [-0.15, -0.1) is 0 Å². The van der Waals surface area contributed by atoms with Crippen molar-refractivity contribution in [3.05, 3.63) is 11.7 Å². The second-order valence-corrected chi connectivity index (χ2v) is 3.98. The van der Waals surface area contributed by atoms with Crippen LogP contribution in [-0.4, -0.2) is 36.1 Å². The number of nitrogens with two attached hydrogens (primary N) is 1. The number of nitrogens with zero attached hydrogens (tertiary/aromatic N) is 2. The summed E-state index contributed by atoms with van der Waals surface area (Å²) in [6.45, 7) is 7.51. The van der Waals surface area contributed by atoms with E-state index in [1.54, 1.807) is 0 Å². The summed E-state index contributed by atoms with van der Waals surface area (Å²) in [4.78, 5) is 4.20. The van der Waals surface area contributed by atoms with Crippen molar-refractivity contribution in [2.24, 2.45) is 5.73 Å². The van der Waals surface area contributed by atoms with Gasteiger partial charge in [-0.05, 0) is 20.8 Å². The summed E-state index contributed by atoms with van der Waals surface area (Å²) in [7, 11) is 0. The fraction of sp³-hybridized carbons (Fsp3) is 0.818. The summed E-state index contributed by atoms with van der Waals surface area (Å²) in [6, 6.07) is -0.345. The van der Waals surface area contributed by atoms with E-state index in [9.17, 15) is 0 Å². The zero-order valence-corrected chi connectivity index (χ0v) is 10.7. The van der Waals surface area contributed by atoms with Crippen LogP contribution in [0.1, 0.15) is 38.5 Å². The van der Waals surface area contributed by atoms with Crippen LogP contribution in [0.25, 0.3) is 0 Å². The topological polar surface area (TPSA) is 83.4 Å². The Hall–Kier alpha value is -0.980. The minimum Gasteiger partial charge on any atom is -0.381 e. The van der Waals surface area contributed by atoms with E-state index in [0.717, 1.165) is 0 Å². The molecule has 0 bridgehead atoms. The average Bonchev–Trinajstić information content (AvgIpc) is 2.75. The third-order valence-corrected chi connectivity index (χ3v) is 2.09. The maximum absolute atomic E-state index is 5.87. The van der Waals surface area contributed by atoms with Gasteiger partial charge >= 0.3 is 0 Å². The van der Waals surface area contributed by atoms with Gasteiger partial charge in [0.1, 0.15) is 0 Å². The Balaban J connectivity index is 2.38. The molecule has 98 valence electrons. The Morgan fingerprint density at radius 1 is 1.41 bits per heavy atom. The fourth-order valence-corrected chi connectivity index (χ4v) is 1.19. The lowest BCUT2D eigenvalue weighted by Gasteiger charge is -2.10. The minimum atomic E-state index is -0.345. The lowest BCUT2D eigenvalue weighted by molar-refractivity contribution is 0.0665. The molecule has 0 amide bonds. The third kappa shape index (κ3) is 5.25. The number of aromatic nitrogens is 2. The zero-order chi connectivity index (χ0) is 12.7. The lowest BCUT2D eigenvalue weighted by Crippen LogP contribution is -2.20. The van der Waals surface area contributed by atoms with Crippen LogP contribution in [0.3, 0.4) is 0 Å². The van der Waals surface area contributed by atoms with Gasteiger partial charge in [0.2, 0.25) is 5.89 Å². The summed E-state index contributed by atoms with van der Waals surface area (Å²) in [5, 5.41) is 3.83. The SMILES string of the molecule is CCOCCc1nc(C(N)COC(C)C)no1. The normalized spacial score (nSPS) is 13.2. The molecule has 0 fully saturated rings. The van der Waals surface area contributed by atoms with Gasteiger partial charge in [-0.25, -0.2) is 0 Å². The van der Waals surface area contributed by atoms with Gasteiger partial charge in [-0.1, -0.05) is 5.16 Å². The van der Waals surface area contributed by atoms with Crippen molar-refractivity contribution >= 4 is 0 Å². The molecular weight excluding hydrogens is 222 g/mol. The predicted octanol–water partition coefficient (Wildman–Crippen LogP) is 1.07. The second-order valence-electron chi connectivity index (χ2n) is 3.98. The molecule has 0 saturated carbocycles. The third-order valence-electron chi connectivity index (χ3n) is 2.09. The summed E-state index contributed by atoms with van der Waals surface area (Å²) in [6.07, 6.45) is 0.754. The molecule has 2 N–H and O–H groups in total. The van der Waals surface area contributed by atoms with Crippen LogP contribution in [0, 0.1) is 0 Å². The molecule has 1 heterocycles. The van der Waals surface area contributed by atoms with E-state index in [-0.39, 0.29) is 12.1 Å². The van der Waals surface area contributed by atoms with Crippen molar-refractivity contribution in [2.45, 2.75) is 39.3 Å². The van der Waals surface area contributed by atoms with Gasteiger partial charge in [0.15, 0.2) is 5.82 Å². The molecule has 0 radical (unpaired) electrons. The van der Waals surface area contributed by atoms with Gasteiger partial charge in [-0.2, -0.15) is 4.98 Å². The maximum atomic E-state index is 5.87. The number of ether oxygens (including phenoxy) is 2. The quantitative estimate of drug-likeness (QED) is 0.688. The molecular formula is C11H21N3O3. The molecule has 1 aromatic rings. The molecule has 0 aliphatic carbocycles. The molecule has 1 unspecified atom stereocenters. The van der Waals surface area contributed by atoms with Crippen LogP contribution in [0.15, 0.2) is 4.52 Å². The van der Waals surface area contributed by atoms with Crippen LogP contribution >= 0.6 is 0 Å². The smallest absolute Gasteiger partial charge is 0.229 e. The van der Waals surface area contributed by atoms with Crippen LogP contribution < -0.4 is 5.73 Å². The van der Waals surface area contributed by atoms with Gasteiger partial charge in [0.05, 0.1) is 31.8 Å². The van der Waals surface area contributed by atoms with Crippen LogP contribution in [0.4, 0.5) is 0 Å². The molecule has 1 rings (SSSR count). The van der Waals surface area contributed by atoms with Gasteiger partial charge < -0.3 is 19.7 Å². The Kier molecular flexibility index (Phi) is 6.10. The average molecular weight is 243 g/mol. The van der Waals surface area contributed by atoms with Crippen molar-refractivity contribution in [1.29, 1.82) is 0 Å². The van der Waals surface area contributed by atoms with Crippen molar-refractivity contribution in [3.63, 3.8) is 0 Å². The summed E-state index contributed by atoms with van der Waals surface area (Å²) in [5.41, 5.74) is 5.87. The predicted molar refractivity (Wildman–Crippen MR) is 62.5 cm³/mol. The number of hydrogen-bond donors (Lipinski definition) is 1. The molecule has 1 atom stereocenters. The van der Waals surface area contributed by atoms with E-state index < -0.39 is 0 Å². The molecule has 0 spiro atoms. The maximum Gasteiger partial charge on any atom is 0.229 e. The van der Waals surface area contributed by atoms with Crippen molar-refractivity contribution in [3.8, 4) is 0 Å². The fourth-order valence-electron chi connectivity index (χ4n) is 1.19. The summed E-state index contributed by atoms with van der Waals surface area (Å²) in [5.74, 6) is 1.03. The van der Waals surface area contributed by atoms with Gasteiger partial charge in [0, 0.05) is 6.61 Å². The van der Waals surface area contributed by atoms with Gasteiger partial charge in [-0.3, -0.25) is 0 Å². The van der Waals surface area contributed by atoms with E-state index in [4.69, 9.17) is 19.7 Å². The molecule has 0 aliphatic heterocycles. The van der Waals surface area contributed by atoms with Crippen LogP contribution in [-0.2, 0) is 15.9 Å². The second kappa shape index (κ2) is 7.37. The monoisotopic (exact) mass is 243 g/mol. The molecule has 0 saturated heterocycles. The van der Waals surface area contributed by atoms with Crippen LogP contribution in [0.5, 0.6) is 0 Å². The largest absolute Gasteiger partial charge is 0.381 e. The zero-order valence-electron chi connectivity index (χ0n) is 10.7. The first-order valence-electron chi connectivity index (χ1n) is 5.90. The van der Waals surface area contributed by atoms with E-state index in [0.29, 0.717) is 38.0 Å². The first-order valence-corrected chi connectivity index (χ1v) is 5.90. The van der Waals surface area contributed by atoms with E-state index in [1.807, 2.05) is 20.8 Å². The van der Waals surface area contributed by atoms with Crippen molar-refractivity contribution in [1.82, 2.24) is 10.1 Å². The van der Waals surface area contributed by atoms with E-state index >= 15 is 0 Å². The van der Waals surface area contributed by atoms with Gasteiger partial charge in [0.25, 0.3) is 0 Å². The standard InChI is InChI=1S/C11H21N3O3/c1-4-15-6-5-10-13-11(14-17-10)9(12)7-16-8(2)3/h8-9H,4-7,12H2,1-3H3. The first kappa shape index (κ1) is 14.1. The molecule has 17 heavy (non-hydrogen) atoms. The highest BCUT2D eigenvalue weighted by Gasteiger charge is 2.14. The number of rotatable bonds is 8. The van der Waals surface area contributed by atoms with E-state index in [1.165, 1.54) is 0 Å².